The molecular formula is C17H20BrN3. The van der Waals surface area contributed by atoms with Crippen molar-refractivity contribution in [1.82, 2.24) is 14.8 Å². The Kier molecular flexibility index (Phi) is 4.68. The number of rotatable bonds is 3. The third kappa shape index (κ3) is 3.70. The summed E-state index contributed by atoms with van der Waals surface area (Å²) >= 11 is 3.51. The van der Waals surface area contributed by atoms with E-state index < -0.39 is 0 Å². The number of halogens is 1. The zero-order valence-electron chi connectivity index (χ0n) is 12.2. The summed E-state index contributed by atoms with van der Waals surface area (Å²) in [7, 11) is 2.20. The molecule has 0 saturated carbocycles. The number of hydrogen-bond acceptors (Lipinski definition) is 3. The van der Waals surface area contributed by atoms with Crippen LogP contribution in [-0.2, 0) is 6.54 Å². The van der Waals surface area contributed by atoms with E-state index in [0.717, 1.165) is 30.7 Å². The van der Waals surface area contributed by atoms with Crippen LogP contribution in [0.25, 0.3) is 0 Å². The summed E-state index contributed by atoms with van der Waals surface area (Å²) in [6.07, 6.45) is 3.80. The first-order valence-corrected chi connectivity index (χ1v) is 8.08. The van der Waals surface area contributed by atoms with Gasteiger partial charge in [-0.3, -0.25) is 9.88 Å². The molecule has 0 amide bonds. The van der Waals surface area contributed by atoms with Gasteiger partial charge in [0.25, 0.3) is 0 Å². The predicted molar refractivity (Wildman–Crippen MR) is 89.0 cm³/mol. The van der Waals surface area contributed by atoms with E-state index >= 15 is 0 Å². The van der Waals surface area contributed by atoms with Gasteiger partial charge in [-0.15, -0.1) is 0 Å². The van der Waals surface area contributed by atoms with E-state index in [1.807, 2.05) is 12.4 Å². The molecule has 0 bridgehead atoms. The molecule has 1 unspecified atom stereocenters. The van der Waals surface area contributed by atoms with E-state index in [4.69, 9.17) is 0 Å². The van der Waals surface area contributed by atoms with Gasteiger partial charge in [0, 0.05) is 49.1 Å². The Labute approximate surface area is 134 Å². The van der Waals surface area contributed by atoms with E-state index in [2.05, 4.69) is 74.2 Å². The highest BCUT2D eigenvalue weighted by atomic mass is 79.9. The maximum Gasteiger partial charge on any atom is 0.0479 e. The Bertz CT molecular complexity index is 588. The van der Waals surface area contributed by atoms with E-state index in [1.165, 1.54) is 11.1 Å². The third-order valence-electron chi connectivity index (χ3n) is 4.03. The van der Waals surface area contributed by atoms with Crippen LogP contribution in [0.2, 0.25) is 0 Å². The third-order valence-corrected chi connectivity index (χ3v) is 4.46. The molecule has 1 fully saturated rings. The van der Waals surface area contributed by atoms with Gasteiger partial charge in [-0.2, -0.15) is 0 Å². The summed E-state index contributed by atoms with van der Waals surface area (Å²) in [5.74, 6) is 0. The lowest BCUT2D eigenvalue weighted by Crippen LogP contribution is -2.46. The second kappa shape index (κ2) is 6.69. The van der Waals surface area contributed by atoms with Crippen LogP contribution in [0.15, 0.2) is 53.3 Å². The van der Waals surface area contributed by atoms with Crippen LogP contribution in [0.1, 0.15) is 17.2 Å². The molecule has 4 heteroatoms. The molecular weight excluding hydrogens is 326 g/mol. The molecule has 3 rings (SSSR count). The SMILES string of the molecule is CN1CCN(Cc2cncc(Br)c2)C(c2ccccc2)C1. The Morgan fingerprint density at radius 2 is 2.00 bits per heavy atom. The summed E-state index contributed by atoms with van der Waals surface area (Å²) in [5.41, 5.74) is 2.65. The van der Waals surface area contributed by atoms with Crippen molar-refractivity contribution in [3.05, 3.63) is 64.4 Å². The van der Waals surface area contributed by atoms with Gasteiger partial charge in [0.05, 0.1) is 0 Å². The number of benzene rings is 1. The van der Waals surface area contributed by atoms with Crippen LogP contribution >= 0.6 is 15.9 Å². The number of aromatic nitrogens is 1. The van der Waals surface area contributed by atoms with Gasteiger partial charge in [0.1, 0.15) is 0 Å². The minimum absolute atomic E-state index is 0.448. The molecule has 0 aliphatic carbocycles. The molecule has 1 aliphatic rings. The molecule has 0 N–H and O–H groups in total. The Hall–Kier alpha value is -1.23. The fourth-order valence-corrected chi connectivity index (χ4v) is 3.33. The minimum atomic E-state index is 0.448. The van der Waals surface area contributed by atoms with Crippen LogP contribution in [0.5, 0.6) is 0 Å². The standard InChI is InChI=1S/C17H20BrN3/c1-20-7-8-21(12-14-9-16(18)11-19-10-14)17(13-20)15-5-3-2-4-6-15/h2-6,9-11,17H,7-8,12-13H2,1H3. The molecule has 2 heterocycles. The lowest BCUT2D eigenvalue weighted by Gasteiger charge is -2.40. The fourth-order valence-electron chi connectivity index (χ4n) is 2.91. The van der Waals surface area contributed by atoms with Gasteiger partial charge >= 0.3 is 0 Å². The molecule has 2 aromatic rings. The summed E-state index contributed by atoms with van der Waals surface area (Å²) < 4.78 is 1.05. The van der Waals surface area contributed by atoms with E-state index in [0.29, 0.717) is 6.04 Å². The Balaban J connectivity index is 1.81. The van der Waals surface area contributed by atoms with Gasteiger partial charge in [-0.05, 0) is 40.2 Å². The second-order valence-electron chi connectivity index (χ2n) is 5.67. The fraction of sp³-hybridized carbons (Fsp3) is 0.353. The Morgan fingerprint density at radius 3 is 2.76 bits per heavy atom. The molecule has 1 aromatic carbocycles. The van der Waals surface area contributed by atoms with Crippen molar-refractivity contribution >= 4 is 15.9 Å². The van der Waals surface area contributed by atoms with Gasteiger partial charge in [0.15, 0.2) is 0 Å². The highest BCUT2D eigenvalue weighted by Gasteiger charge is 2.26. The lowest BCUT2D eigenvalue weighted by atomic mass is 10.0. The number of piperazine rings is 1. The van der Waals surface area contributed by atoms with Gasteiger partial charge in [-0.25, -0.2) is 0 Å². The monoisotopic (exact) mass is 345 g/mol. The highest BCUT2D eigenvalue weighted by Crippen LogP contribution is 2.26. The maximum absolute atomic E-state index is 4.28. The molecule has 3 nitrogen and oxygen atoms in total. The number of nitrogens with zero attached hydrogens (tertiary/aromatic N) is 3. The number of pyridine rings is 1. The molecule has 0 spiro atoms. The maximum atomic E-state index is 4.28. The van der Waals surface area contributed by atoms with Crippen LogP contribution in [-0.4, -0.2) is 41.5 Å². The molecule has 21 heavy (non-hydrogen) atoms. The smallest absolute Gasteiger partial charge is 0.0479 e. The molecule has 1 aromatic heterocycles. The first-order valence-electron chi connectivity index (χ1n) is 7.29. The van der Waals surface area contributed by atoms with Crippen LogP contribution in [0, 0.1) is 0 Å². The summed E-state index contributed by atoms with van der Waals surface area (Å²) in [6.45, 7) is 4.22. The normalized spacial score (nSPS) is 20.6. The zero-order chi connectivity index (χ0) is 14.7. The summed E-state index contributed by atoms with van der Waals surface area (Å²) in [5, 5.41) is 0. The van der Waals surface area contributed by atoms with Gasteiger partial charge in [0.2, 0.25) is 0 Å². The van der Waals surface area contributed by atoms with E-state index in [9.17, 15) is 0 Å². The van der Waals surface area contributed by atoms with Gasteiger partial charge < -0.3 is 4.90 Å². The number of hydrogen-bond donors (Lipinski definition) is 0. The largest absolute Gasteiger partial charge is 0.303 e. The summed E-state index contributed by atoms with van der Waals surface area (Å²) in [6, 6.07) is 13.4. The number of likely N-dealkylation sites (N-methyl/N-ethyl adjacent to an activating group) is 1. The Morgan fingerprint density at radius 1 is 1.19 bits per heavy atom. The van der Waals surface area contributed by atoms with Crippen molar-refractivity contribution in [2.75, 3.05) is 26.7 Å². The van der Waals surface area contributed by atoms with Crippen LogP contribution in [0.3, 0.4) is 0 Å². The van der Waals surface area contributed by atoms with Crippen molar-refractivity contribution < 1.29 is 0 Å². The highest BCUT2D eigenvalue weighted by molar-refractivity contribution is 9.10. The first kappa shape index (κ1) is 14.7. The minimum Gasteiger partial charge on any atom is -0.303 e. The predicted octanol–water partition coefficient (Wildman–Crippen LogP) is 3.33. The topological polar surface area (TPSA) is 19.4 Å². The van der Waals surface area contributed by atoms with Crippen LogP contribution < -0.4 is 0 Å². The average Bonchev–Trinajstić information content (AvgIpc) is 2.50. The molecule has 1 aliphatic heterocycles. The van der Waals surface area contributed by atoms with Crippen molar-refractivity contribution in [3.63, 3.8) is 0 Å². The van der Waals surface area contributed by atoms with Crippen molar-refractivity contribution in [3.8, 4) is 0 Å². The van der Waals surface area contributed by atoms with Gasteiger partial charge in [-0.1, -0.05) is 30.3 Å². The average molecular weight is 346 g/mol. The molecule has 1 atom stereocenters. The van der Waals surface area contributed by atoms with E-state index in [1.54, 1.807) is 0 Å². The second-order valence-corrected chi connectivity index (χ2v) is 6.59. The summed E-state index contributed by atoms with van der Waals surface area (Å²) in [4.78, 5) is 9.24. The molecule has 1 saturated heterocycles. The van der Waals surface area contributed by atoms with E-state index in [-0.39, 0.29) is 0 Å². The van der Waals surface area contributed by atoms with Crippen molar-refractivity contribution in [2.24, 2.45) is 0 Å². The molecule has 110 valence electrons. The van der Waals surface area contributed by atoms with Crippen molar-refractivity contribution in [1.29, 1.82) is 0 Å². The quantitative estimate of drug-likeness (QED) is 0.850. The first-order chi connectivity index (χ1) is 10.2. The molecule has 0 radical (unpaired) electrons. The zero-order valence-corrected chi connectivity index (χ0v) is 13.8. The van der Waals surface area contributed by atoms with Crippen molar-refractivity contribution in [2.45, 2.75) is 12.6 Å². The van der Waals surface area contributed by atoms with Crippen LogP contribution in [0.4, 0.5) is 0 Å². The lowest BCUT2D eigenvalue weighted by molar-refractivity contribution is 0.0833.